The van der Waals surface area contributed by atoms with Gasteiger partial charge in [-0.15, -0.1) is 0 Å². The Bertz CT molecular complexity index is 1200. The number of carbonyl (C=O) groups is 2. The summed E-state index contributed by atoms with van der Waals surface area (Å²) in [6.07, 6.45) is 4.54. The Morgan fingerprint density at radius 2 is 1.97 bits per heavy atom. The summed E-state index contributed by atoms with van der Waals surface area (Å²) in [5, 5.41) is 0.969. The molecule has 0 saturated carbocycles. The lowest BCUT2D eigenvalue weighted by atomic mass is 10.00. The molecule has 0 bridgehead atoms. The van der Waals surface area contributed by atoms with Gasteiger partial charge in [0.05, 0.1) is 0 Å². The van der Waals surface area contributed by atoms with Gasteiger partial charge in [-0.1, -0.05) is 24.3 Å². The number of H-pyrrole nitrogens is 1. The molecule has 0 spiro atoms. The van der Waals surface area contributed by atoms with Crippen molar-refractivity contribution in [1.82, 2.24) is 19.4 Å². The quantitative estimate of drug-likeness (QED) is 0.725. The van der Waals surface area contributed by atoms with Crippen molar-refractivity contribution in [3.8, 4) is 0 Å². The fourth-order valence-electron chi connectivity index (χ4n) is 3.69. The van der Waals surface area contributed by atoms with Crippen molar-refractivity contribution < 1.29 is 9.59 Å². The topological polar surface area (TPSA) is 78.4 Å². The first-order valence-electron chi connectivity index (χ1n) is 9.89. The molecular weight excluding hydrogens is 380 g/mol. The molecule has 0 aliphatic carbocycles. The summed E-state index contributed by atoms with van der Waals surface area (Å²) in [4.78, 5) is 43.4. The van der Waals surface area contributed by atoms with Crippen LogP contribution in [-0.4, -0.2) is 58.4 Å². The number of hydrogen-bond acceptors (Lipinski definition) is 3. The number of benzene rings is 1. The second kappa shape index (κ2) is 8.02. The van der Waals surface area contributed by atoms with E-state index in [0.717, 1.165) is 28.5 Å². The third kappa shape index (κ3) is 3.91. The summed E-state index contributed by atoms with van der Waals surface area (Å²) >= 11 is 0. The first-order chi connectivity index (χ1) is 14.4. The van der Waals surface area contributed by atoms with Crippen LogP contribution in [0.2, 0.25) is 0 Å². The van der Waals surface area contributed by atoms with Crippen molar-refractivity contribution in [3.63, 3.8) is 0 Å². The number of rotatable bonds is 4. The van der Waals surface area contributed by atoms with E-state index < -0.39 is 0 Å². The van der Waals surface area contributed by atoms with E-state index in [-0.39, 0.29) is 23.9 Å². The van der Waals surface area contributed by atoms with E-state index in [2.05, 4.69) is 11.1 Å². The standard InChI is InChI=1S/C23H24N4O3/c1-25(2)23(30)20-13-17-9-8-16(12-19(17)24-20)18-6-5-11-26(14-18)22(29)15-27-10-4-3-7-21(27)28/h3-4,6-10,12-13,24H,5,11,14-15H2,1-2H3. The average Bonchev–Trinajstić information content (AvgIpc) is 3.18. The molecule has 0 fully saturated rings. The number of nitrogens with one attached hydrogen (secondary N) is 1. The average molecular weight is 404 g/mol. The van der Waals surface area contributed by atoms with Crippen LogP contribution >= 0.6 is 0 Å². The number of pyridine rings is 1. The van der Waals surface area contributed by atoms with Gasteiger partial charge in [-0.05, 0) is 35.8 Å². The molecule has 0 unspecified atom stereocenters. The number of nitrogens with zero attached hydrogens (tertiary/aromatic N) is 3. The van der Waals surface area contributed by atoms with Gasteiger partial charge in [-0.2, -0.15) is 0 Å². The molecule has 1 aromatic carbocycles. The lowest BCUT2D eigenvalue weighted by Crippen LogP contribution is -2.39. The molecule has 1 aliphatic rings. The molecule has 3 aromatic rings. The van der Waals surface area contributed by atoms with Gasteiger partial charge >= 0.3 is 0 Å². The molecule has 1 aliphatic heterocycles. The molecule has 154 valence electrons. The van der Waals surface area contributed by atoms with Gasteiger partial charge in [0.15, 0.2) is 0 Å². The second-order valence-corrected chi connectivity index (χ2v) is 7.68. The smallest absolute Gasteiger partial charge is 0.269 e. The summed E-state index contributed by atoms with van der Waals surface area (Å²) in [5.74, 6) is -0.147. The molecule has 30 heavy (non-hydrogen) atoms. The van der Waals surface area contributed by atoms with E-state index in [1.807, 2.05) is 24.3 Å². The number of aromatic amines is 1. The van der Waals surface area contributed by atoms with Crippen molar-refractivity contribution in [2.75, 3.05) is 27.2 Å². The van der Waals surface area contributed by atoms with E-state index in [1.165, 1.54) is 15.5 Å². The third-order valence-electron chi connectivity index (χ3n) is 5.34. The number of amides is 2. The van der Waals surface area contributed by atoms with Gasteiger partial charge in [0.1, 0.15) is 12.2 Å². The molecule has 0 atom stereocenters. The molecule has 4 rings (SSSR count). The van der Waals surface area contributed by atoms with Gasteiger partial charge in [0.2, 0.25) is 5.91 Å². The lowest BCUT2D eigenvalue weighted by molar-refractivity contribution is -0.131. The number of hydrogen-bond donors (Lipinski definition) is 1. The van der Waals surface area contributed by atoms with Crippen molar-refractivity contribution in [1.29, 1.82) is 0 Å². The first-order valence-corrected chi connectivity index (χ1v) is 9.89. The van der Waals surface area contributed by atoms with Crippen LogP contribution in [0.25, 0.3) is 16.5 Å². The van der Waals surface area contributed by atoms with Crippen LogP contribution in [0.1, 0.15) is 22.5 Å². The highest BCUT2D eigenvalue weighted by molar-refractivity contribution is 5.98. The highest BCUT2D eigenvalue weighted by atomic mass is 16.2. The van der Waals surface area contributed by atoms with Crippen LogP contribution in [0.3, 0.4) is 0 Å². The molecule has 7 nitrogen and oxygen atoms in total. The number of fused-ring (bicyclic) bond motifs is 1. The maximum absolute atomic E-state index is 12.7. The normalized spacial score (nSPS) is 13.9. The van der Waals surface area contributed by atoms with Gasteiger partial charge in [0.25, 0.3) is 11.5 Å². The molecule has 2 amide bonds. The highest BCUT2D eigenvalue weighted by Gasteiger charge is 2.20. The molecule has 0 radical (unpaired) electrons. The molecule has 0 saturated heterocycles. The van der Waals surface area contributed by atoms with Crippen molar-refractivity contribution in [2.45, 2.75) is 13.0 Å². The van der Waals surface area contributed by atoms with Crippen molar-refractivity contribution >= 4 is 28.3 Å². The van der Waals surface area contributed by atoms with Gasteiger partial charge in [-0.25, -0.2) is 0 Å². The summed E-state index contributed by atoms with van der Waals surface area (Å²) in [6.45, 7) is 1.17. The fourth-order valence-corrected chi connectivity index (χ4v) is 3.69. The monoisotopic (exact) mass is 404 g/mol. The zero-order valence-electron chi connectivity index (χ0n) is 17.1. The molecular formula is C23H24N4O3. The summed E-state index contributed by atoms with van der Waals surface area (Å²) in [7, 11) is 3.45. The van der Waals surface area contributed by atoms with Gasteiger partial charge in [-0.3, -0.25) is 14.4 Å². The summed E-state index contributed by atoms with van der Waals surface area (Å²) in [5.41, 5.74) is 3.33. The van der Waals surface area contributed by atoms with Crippen LogP contribution in [0.15, 0.2) is 59.5 Å². The highest BCUT2D eigenvalue weighted by Crippen LogP contribution is 2.25. The maximum atomic E-state index is 12.7. The van der Waals surface area contributed by atoms with E-state index in [1.54, 1.807) is 37.3 Å². The van der Waals surface area contributed by atoms with Crippen molar-refractivity contribution in [2.24, 2.45) is 0 Å². The maximum Gasteiger partial charge on any atom is 0.269 e. The van der Waals surface area contributed by atoms with Gasteiger partial charge in [0, 0.05) is 50.4 Å². The molecule has 2 aromatic heterocycles. The van der Waals surface area contributed by atoms with Crippen LogP contribution in [0.5, 0.6) is 0 Å². The van der Waals surface area contributed by atoms with E-state index in [4.69, 9.17) is 0 Å². The van der Waals surface area contributed by atoms with Crippen LogP contribution in [-0.2, 0) is 11.3 Å². The minimum Gasteiger partial charge on any atom is -0.351 e. The van der Waals surface area contributed by atoms with Crippen LogP contribution in [0, 0.1) is 0 Å². The molecule has 7 heteroatoms. The Kier molecular flexibility index (Phi) is 5.27. The van der Waals surface area contributed by atoms with E-state index in [9.17, 15) is 14.4 Å². The van der Waals surface area contributed by atoms with Gasteiger partial charge < -0.3 is 19.4 Å². The molecule has 1 N–H and O–H groups in total. The Morgan fingerprint density at radius 3 is 2.73 bits per heavy atom. The Labute approximate surface area is 174 Å². The number of carbonyl (C=O) groups excluding carboxylic acids is 2. The third-order valence-corrected chi connectivity index (χ3v) is 5.34. The fraction of sp³-hybridized carbons (Fsp3) is 0.261. The largest absolute Gasteiger partial charge is 0.351 e. The number of aromatic nitrogens is 2. The van der Waals surface area contributed by atoms with Crippen LogP contribution < -0.4 is 5.56 Å². The van der Waals surface area contributed by atoms with E-state index >= 15 is 0 Å². The first kappa shape index (κ1) is 19.7. The Hall–Kier alpha value is -3.61. The minimum absolute atomic E-state index is 0.0403. The van der Waals surface area contributed by atoms with Crippen molar-refractivity contribution in [3.05, 3.63) is 76.3 Å². The minimum atomic E-state index is -0.182. The second-order valence-electron chi connectivity index (χ2n) is 7.68. The predicted octanol–water partition coefficient (Wildman–Crippen LogP) is 2.35. The lowest BCUT2D eigenvalue weighted by Gasteiger charge is -2.28. The Balaban J connectivity index is 1.52. The SMILES string of the molecule is CN(C)C(=O)c1cc2ccc(C3=CCCN(C(=O)Cn4ccccc4=O)C3)cc2[nH]1. The van der Waals surface area contributed by atoms with Crippen LogP contribution in [0.4, 0.5) is 0 Å². The molecule has 3 heterocycles. The summed E-state index contributed by atoms with van der Waals surface area (Å²) < 4.78 is 1.43. The summed E-state index contributed by atoms with van der Waals surface area (Å²) in [6, 6.07) is 12.7. The van der Waals surface area contributed by atoms with E-state index in [0.29, 0.717) is 18.8 Å². The zero-order valence-corrected chi connectivity index (χ0v) is 17.1. The zero-order chi connectivity index (χ0) is 21.3. The Morgan fingerprint density at radius 1 is 1.13 bits per heavy atom. The predicted molar refractivity (Wildman–Crippen MR) is 116 cm³/mol.